The second kappa shape index (κ2) is 27.6. The summed E-state index contributed by atoms with van der Waals surface area (Å²) in [6.45, 7) is 10.3. The summed E-state index contributed by atoms with van der Waals surface area (Å²) in [6.07, 6.45) is -3.13. The van der Waals surface area contributed by atoms with Gasteiger partial charge in [0.1, 0.15) is 49.4 Å². The van der Waals surface area contributed by atoms with Crippen molar-refractivity contribution in [2.75, 3.05) is 52.6 Å². The zero-order valence-corrected chi connectivity index (χ0v) is 37.2. The molecule has 0 bridgehead atoms. The van der Waals surface area contributed by atoms with Gasteiger partial charge >= 0.3 is 36.3 Å². The third-order valence-electron chi connectivity index (χ3n) is 9.15. The standard InChI is InChI=1S/C48H50N4O16/c1-31(2)43(55)63-27-23-51-47(59)67-39-17-9-35(10-18-39)41(33-5-13-37(14-6-33)65-45(57)49-21-25-61-29-53)42(34-7-15-38(16-8-34)66-46(58)50-22-26-62-30-54)36-11-19-40(20-12-36)68-48(60)52-24-28-64-44(56)32(3)4/h5-20,29-30,41-42H,1,3,21-28H2,2,4H3,(H,49,57)(H,50,58)(H,51,59)(H,52,60). The van der Waals surface area contributed by atoms with E-state index < -0.39 is 48.1 Å². The zero-order chi connectivity index (χ0) is 49.3. The summed E-state index contributed by atoms with van der Waals surface area (Å²) in [4.78, 5) is 94.4. The monoisotopic (exact) mass is 938 g/mol. The molecule has 0 saturated carbocycles. The predicted molar refractivity (Wildman–Crippen MR) is 241 cm³/mol. The number of carbonyl (C=O) groups is 8. The summed E-state index contributed by atoms with van der Waals surface area (Å²) in [6, 6.07) is 26.9. The molecule has 4 rings (SSSR count). The van der Waals surface area contributed by atoms with Crippen molar-refractivity contribution in [3.8, 4) is 23.0 Å². The highest BCUT2D eigenvalue weighted by molar-refractivity contribution is 5.87. The van der Waals surface area contributed by atoms with Gasteiger partial charge in [-0.2, -0.15) is 0 Å². The molecule has 0 spiro atoms. The minimum Gasteiger partial charge on any atom is -0.466 e. The molecule has 0 saturated heterocycles. The summed E-state index contributed by atoms with van der Waals surface area (Å²) in [7, 11) is 0. The first kappa shape index (κ1) is 51.9. The fourth-order valence-corrected chi connectivity index (χ4v) is 6.06. The van der Waals surface area contributed by atoms with E-state index in [1.54, 1.807) is 97.1 Å². The Labute approximate surface area is 390 Å². The lowest BCUT2D eigenvalue weighted by Gasteiger charge is -2.30. The van der Waals surface area contributed by atoms with Crippen molar-refractivity contribution in [1.29, 1.82) is 0 Å². The van der Waals surface area contributed by atoms with Crippen LogP contribution in [0.1, 0.15) is 47.9 Å². The first-order chi connectivity index (χ1) is 32.8. The van der Waals surface area contributed by atoms with Crippen LogP contribution in [0.25, 0.3) is 0 Å². The van der Waals surface area contributed by atoms with Gasteiger partial charge in [-0.05, 0) is 84.6 Å². The number of hydrogen-bond donors (Lipinski definition) is 4. The molecule has 0 fully saturated rings. The van der Waals surface area contributed by atoms with Crippen LogP contribution in [0.3, 0.4) is 0 Å². The number of rotatable bonds is 25. The second-order valence-electron chi connectivity index (χ2n) is 14.3. The first-order valence-electron chi connectivity index (χ1n) is 20.8. The smallest absolute Gasteiger partial charge is 0.412 e. The normalized spacial score (nSPS) is 11.1. The second-order valence-corrected chi connectivity index (χ2v) is 14.3. The van der Waals surface area contributed by atoms with Gasteiger partial charge in [0.2, 0.25) is 0 Å². The zero-order valence-electron chi connectivity index (χ0n) is 37.2. The van der Waals surface area contributed by atoms with Crippen LogP contribution >= 0.6 is 0 Å². The third-order valence-corrected chi connectivity index (χ3v) is 9.15. The van der Waals surface area contributed by atoms with E-state index >= 15 is 0 Å². The average Bonchev–Trinajstić information content (AvgIpc) is 3.32. The van der Waals surface area contributed by atoms with E-state index in [4.69, 9.17) is 28.4 Å². The van der Waals surface area contributed by atoms with Gasteiger partial charge in [-0.1, -0.05) is 61.7 Å². The van der Waals surface area contributed by atoms with E-state index in [1.807, 2.05) is 0 Å². The van der Waals surface area contributed by atoms with Gasteiger partial charge in [-0.3, -0.25) is 9.59 Å². The van der Waals surface area contributed by atoms with Crippen LogP contribution in [0.2, 0.25) is 0 Å². The van der Waals surface area contributed by atoms with E-state index in [0.29, 0.717) is 0 Å². The average molecular weight is 939 g/mol. The Bertz CT molecular complexity index is 2200. The van der Waals surface area contributed by atoms with Crippen LogP contribution in [0.15, 0.2) is 121 Å². The summed E-state index contributed by atoms with van der Waals surface area (Å²) >= 11 is 0. The molecule has 2 atom stereocenters. The highest BCUT2D eigenvalue weighted by Crippen LogP contribution is 2.44. The number of ether oxygens (including phenoxy) is 8. The topological polar surface area (TPSA) is 259 Å². The number of amides is 4. The Balaban J connectivity index is 1.68. The quantitative estimate of drug-likeness (QED) is 0.0208. The van der Waals surface area contributed by atoms with Crippen molar-refractivity contribution in [1.82, 2.24) is 21.3 Å². The molecule has 0 aliphatic heterocycles. The van der Waals surface area contributed by atoms with Crippen LogP contribution < -0.4 is 40.2 Å². The molecule has 20 nitrogen and oxygen atoms in total. The van der Waals surface area contributed by atoms with Gasteiger partial charge < -0.3 is 59.2 Å². The van der Waals surface area contributed by atoms with Crippen LogP contribution in [-0.2, 0) is 38.1 Å². The molecule has 0 aliphatic rings. The lowest BCUT2D eigenvalue weighted by Crippen LogP contribution is -2.30. The summed E-state index contributed by atoms with van der Waals surface area (Å²) in [5, 5.41) is 9.99. The highest BCUT2D eigenvalue weighted by Gasteiger charge is 2.29. The summed E-state index contributed by atoms with van der Waals surface area (Å²) in [5.74, 6) is -1.49. The van der Waals surface area contributed by atoms with Gasteiger partial charge in [0, 0.05) is 23.0 Å². The number of nitrogens with one attached hydrogen (secondary N) is 4. The van der Waals surface area contributed by atoms with Gasteiger partial charge in [0.05, 0.1) is 26.2 Å². The van der Waals surface area contributed by atoms with Crippen LogP contribution in [0, 0.1) is 0 Å². The Morgan fingerprint density at radius 2 is 0.662 bits per heavy atom. The highest BCUT2D eigenvalue weighted by atomic mass is 16.6. The lowest BCUT2D eigenvalue weighted by atomic mass is 9.73. The molecule has 358 valence electrons. The van der Waals surface area contributed by atoms with Crippen LogP contribution in [0.4, 0.5) is 19.2 Å². The van der Waals surface area contributed by atoms with E-state index in [2.05, 4.69) is 43.9 Å². The first-order valence-corrected chi connectivity index (χ1v) is 20.8. The molecule has 4 N–H and O–H groups in total. The maximum Gasteiger partial charge on any atom is 0.412 e. The van der Waals surface area contributed by atoms with Crippen molar-refractivity contribution >= 4 is 49.3 Å². The SMILES string of the molecule is C=C(C)C(=O)OCCNC(=O)Oc1ccc(C(c2ccc(OC(=O)NCCOC=O)cc2)C(c2ccc(OC(=O)NCCOC=O)cc2)c2ccc(OC(=O)NCCOC(=O)C(=C)C)cc2)cc1. The number of carbonyl (C=O) groups excluding carboxylic acids is 8. The minimum absolute atomic E-state index is 0.0119. The molecule has 4 amide bonds. The molecule has 2 unspecified atom stereocenters. The predicted octanol–water partition coefficient (Wildman–Crippen LogP) is 5.59. The van der Waals surface area contributed by atoms with Gasteiger partial charge in [-0.25, -0.2) is 28.8 Å². The van der Waals surface area contributed by atoms with Gasteiger partial charge in [0.15, 0.2) is 0 Å². The Morgan fingerprint density at radius 1 is 0.426 bits per heavy atom. The third kappa shape index (κ3) is 17.7. The number of hydrogen-bond acceptors (Lipinski definition) is 16. The Kier molecular flexibility index (Phi) is 21.1. The molecule has 0 aromatic heterocycles. The van der Waals surface area contributed by atoms with Crippen LogP contribution in [0.5, 0.6) is 23.0 Å². The van der Waals surface area contributed by atoms with Crippen LogP contribution in [-0.4, -0.2) is 102 Å². The summed E-state index contributed by atoms with van der Waals surface area (Å²) < 4.78 is 41.0. The largest absolute Gasteiger partial charge is 0.466 e. The molecular weight excluding hydrogens is 889 g/mol. The van der Waals surface area contributed by atoms with Crippen molar-refractivity contribution in [2.24, 2.45) is 0 Å². The van der Waals surface area contributed by atoms with E-state index in [1.165, 1.54) is 13.8 Å². The maximum absolute atomic E-state index is 12.6. The van der Waals surface area contributed by atoms with E-state index in [-0.39, 0.29) is 99.7 Å². The minimum atomic E-state index is -0.790. The molecule has 4 aromatic rings. The number of esters is 2. The molecule has 4 aromatic carbocycles. The molecule has 0 heterocycles. The summed E-state index contributed by atoms with van der Waals surface area (Å²) in [5.41, 5.74) is 3.33. The van der Waals surface area contributed by atoms with Crippen molar-refractivity contribution in [3.63, 3.8) is 0 Å². The van der Waals surface area contributed by atoms with Crippen molar-refractivity contribution < 1.29 is 76.3 Å². The molecule has 0 radical (unpaired) electrons. The van der Waals surface area contributed by atoms with Crippen molar-refractivity contribution in [3.05, 3.63) is 144 Å². The van der Waals surface area contributed by atoms with Gasteiger partial charge in [-0.15, -0.1) is 0 Å². The fraction of sp³-hybridized carbons (Fsp3) is 0.250. The molecule has 20 heteroatoms. The lowest BCUT2D eigenvalue weighted by molar-refractivity contribution is -0.139. The van der Waals surface area contributed by atoms with Gasteiger partial charge in [0.25, 0.3) is 12.9 Å². The van der Waals surface area contributed by atoms with E-state index in [0.717, 1.165) is 22.3 Å². The Hall–Kier alpha value is -8.68. The molecule has 68 heavy (non-hydrogen) atoms. The maximum atomic E-state index is 12.6. The molecular formula is C48H50N4O16. The molecule has 0 aliphatic carbocycles. The fourth-order valence-electron chi connectivity index (χ4n) is 6.06. The number of benzene rings is 4. The Morgan fingerprint density at radius 3 is 0.882 bits per heavy atom. The van der Waals surface area contributed by atoms with Crippen molar-refractivity contribution in [2.45, 2.75) is 25.7 Å². The van der Waals surface area contributed by atoms with E-state index in [9.17, 15) is 38.4 Å².